The number of rotatable bonds is 27. The molecular weight excluding hydrogens is 645 g/mol. The second-order valence-corrected chi connectivity index (χ2v) is 15.7. The monoisotopic (exact) mass is 713 g/mol. The Balaban J connectivity index is 1.11. The molecule has 1 unspecified atom stereocenters. The Morgan fingerprint density at radius 2 is 1.21 bits per heavy atom. The molecule has 0 spiro atoms. The lowest BCUT2D eigenvalue weighted by molar-refractivity contribution is -0.119. The number of nitrogens with zero attached hydrogens (tertiary/aromatic N) is 1. The molecule has 0 saturated heterocycles. The zero-order valence-electron chi connectivity index (χ0n) is 32.4. The summed E-state index contributed by atoms with van der Waals surface area (Å²) in [4.78, 5) is 30.7. The van der Waals surface area contributed by atoms with Crippen molar-refractivity contribution < 1.29 is 9.59 Å². The number of unbranched alkanes of at least 4 members (excludes halogenated alkanes) is 12. The Morgan fingerprint density at radius 1 is 0.692 bits per heavy atom. The first kappa shape index (κ1) is 41.1. The molecule has 0 radical (unpaired) electrons. The lowest BCUT2D eigenvalue weighted by Crippen LogP contribution is -2.47. The lowest BCUT2D eigenvalue weighted by atomic mass is 10.0. The third-order valence-corrected chi connectivity index (χ3v) is 11.2. The molecule has 286 valence electrons. The number of amides is 2. The molecule has 2 aliphatic carbocycles. The van der Waals surface area contributed by atoms with E-state index in [-0.39, 0.29) is 23.7 Å². The van der Waals surface area contributed by atoms with Crippen LogP contribution in [0.4, 0.5) is 5.69 Å². The third-order valence-electron chi connectivity index (χ3n) is 11.2. The van der Waals surface area contributed by atoms with Crippen LogP contribution in [0.15, 0.2) is 53.5 Å². The van der Waals surface area contributed by atoms with E-state index >= 15 is 0 Å². The Morgan fingerprint density at radius 3 is 1.71 bits per heavy atom. The molecule has 52 heavy (non-hydrogen) atoms. The van der Waals surface area contributed by atoms with Gasteiger partial charge < -0.3 is 22.1 Å². The first-order chi connectivity index (χ1) is 25.2. The fourth-order valence-electron chi connectivity index (χ4n) is 7.24. The molecule has 4 rings (SSSR count). The number of nitrogens with two attached hydrogens (primary N) is 2. The van der Waals surface area contributed by atoms with Crippen LogP contribution in [0.5, 0.6) is 0 Å². The van der Waals surface area contributed by atoms with Gasteiger partial charge in [-0.1, -0.05) is 122 Å². The topological polar surface area (TPSA) is 146 Å². The number of aryl methyl sites for hydroxylation is 2. The van der Waals surface area contributed by atoms with Gasteiger partial charge in [-0.15, -0.1) is 0 Å². The molecule has 2 amide bonds. The summed E-state index contributed by atoms with van der Waals surface area (Å²) >= 11 is 0. The SMILES string of the molecule is CCCCCCCCCCCCc1ccc(C(=O)NC2(/C(N)=N/C(CCC)CCCCCCc3ccc(NC(=O)C4(C(=N)N)CC4)cc3)CC2)cc1. The number of hydrogen-bond acceptors (Lipinski definition) is 4. The molecule has 8 heteroatoms. The van der Waals surface area contributed by atoms with Crippen molar-refractivity contribution in [3.63, 3.8) is 0 Å². The van der Waals surface area contributed by atoms with Crippen molar-refractivity contribution in [3.8, 4) is 0 Å². The third kappa shape index (κ3) is 13.1. The van der Waals surface area contributed by atoms with Gasteiger partial charge in [0, 0.05) is 11.3 Å². The van der Waals surface area contributed by atoms with Crippen molar-refractivity contribution >= 4 is 29.2 Å². The molecule has 0 aliphatic heterocycles. The fraction of sp³-hybridized carbons (Fsp3) is 0.636. The normalized spacial score (nSPS) is 16.2. The molecule has 1 atom stereocenters. The standard InChI is InChI=1S/C44H68N6O2/c1-3-5-6-7-8-9-10-11-12-15-19-34-22-26-36(27-23-34)39(51)50-44(32-33-44)41(47)48-37(18-4-2)21-17-14-13-16-20-35-24-28-38(29-25-35)49-42(52)43(30-31-43)40(45)46/h22-29,37H,3-21,30-33H2,1-2H3,(H3,45,46)(H2,47,48)(H,49,52)(H,50,51). The summed E-state index contributed by atoms with van der Waals surface area (Å²) in [5, 5.41) is 13.9. The van der Waals surface area contributed by atoms with Gasteiger partial charge in [-0.3, -0.25) is 20.0 Å². The number of aliphatic imine (C=N–C) groups is 1. The first-order valence-electron chi connectivity index (χ1n) is 20.7. The highest BCUT2D eigenvalue weighted by molar-refractivity contribution is 6.13. The maximum atomic E-state index is 13.2. The summed E-state index contributed by atoms with van der Waals surface area (Å²) in [6, 6.07) is 16.3. The molecule has 2 aromatic rings. The highest BCUT2D eigenvalue weighted by Crippen LogP contribution is 2.46. The molecule has 2 aromatic carbocycles. The lowest BCUT2D eigenvalue weighted by Gasteiger charge is -2.20. The van der Waals surface area contributed by atoms with E-state index in [4.69, 9.17) is 21.9 Å². The summed E-state index contributed by atoms with van der Waals surface area (Å²) in [6.45, 7) is 4.46. The van der Waals surface area contributed by atoms with Gasteiger partial charge in [-0.2, -0.15) is 0 Å². The number of carbonyl (C=O) groups excluding carboxylic acids is 2. The average Bonchev–Trinajstić information content (AvgIpc) is 4.08. The summed E-state index contributed by atoms with van der Waals surface area (Å²) in [5.74, 6) is 0.310. The summed E-state index contributed by atoms with van der Waals surface area (Å²) in [5.41, 5.74) is 15.0. The van der Waals surface area contributed by atoms with Gasteiger partial charge in [0.05, 0.1) is 11.6 Å². The van der Waals surface area contributed by atoms with E-state index in [1.54, 1.807) is 0 Å². The highest BCUT2D eigenvalue weighted by Gasteiger charge is 2.53. The fourth-order valence-corrected chi connectivity index (χ4v) is 7.24. The van der Waals surface area contributed by atoms with Crippen LogP contribution in [0, 0.1) is 10.8 Å². The smallest absolute Gasteiger partial charge is 0.252 e. The van der Waals surface area contributed by atoms with Crippen LogP contribution in [0.25, 0.3) is 0 Å². The quantitative estimate of drug-likeness (QED) is 0.0356. The number of anilines is 1. The molecule has 7 N–H and O–H groups in total. The van der Waals surface area contributed by atoms with Gasteiger partial charge in [0.1, 0.15) is 17.1 Å². The largest absolute Gasteiger partial charge is 0.387 e. The Hall–Kier alpha value is -3.68. The van der Waals surface area contributed by atoms with E-state index in [2.05, 4.69) is 48.7 Å². The molecule has 0 heterocycles. The summed E-state index contributed by atoms with van der Waals surface area (Å²) in [6.07, 6.45) is 26.0. The van der Waals surface area contributed by atoms with Gasteiger partial charge in [-0.05, 0) is 99.6 Å². The van der Waals surface area contributed by atoms with E-state index in [9.17, 15) is 9.59 Å². The summed E-state index contributed by atoms with van der Waals surface area (Å²) < 4.78 is 0. The van der Waals surface area contributed by atoms with E-state index in [1.807, 2.05) is 24.3 Å². The van der Waals surface area contributed by atoms with E-state index < -0.39 is 11.0 Å². The van der Waals surface area contributed by atoms with Gasteiger partial charge >= 0.3 is 0 Å². The maximum Gasteiger partial charge on any atom is 0.252 e. The van der Waals surface area contributed by atoms with Crippen LogP contribution < -0.4 is 22.1 Å². The van der Waals surface area contributed by atoms with Crippen molar-refractivity contribution in [3.05, 3.63) is 65.2 Å². The number of amidine groups is 2. The second-order valence-electron chi connectivity index (χ2n) is 15.7. The molecule has 2 fully saturated rings. The number of benzene rings is 2. The summed E-state index contributed by atoms with van der Waals surface area (Å²) in [7, 11) is 0. The molecule has 0 bridgehead atoms. The van der Waals surface area contributed by atoms with Gasteiger partial charge in [-0.25, -0.2) is 0 Å². The minimum absolute atomic E-state index is 0.0420. The predicted molar refractivity (Wildman–Crippen MR) is 217 cm³/mol. The predicted octanol–water partition coefficient (Wildman–Crippen LogP) is 9.79. The van der Waals surface area contributed by atoms with Crippen molar-refractivity contribution in [1.82, 2.24) is 5.32 Å². The molecule has 2 aliphatic rings. The highest BCUT2D eigenvalue weighted by atomic mass is 16.2. The van der Waals surface area contributed by atoms with Gasteiger partial charge in [0.25, 0.3) is 5.91 Å². The average molecular weight is 713 g/mol. The zero-order chi connectivity index (χ0) is 37.2. The number of nitrogens with one attached hydrogen (secondary N) is 3. The minimum Gasteiger partial charge on any atom is -0.387 e. The van der Waals surface area contributed by atoms with Crippen molar-refractivity contribution in [2.75, 3.05) is 5.32 Å². The van der Waals surface area contributed by atoms with Crippen molar-refractivity contribution in [2.24, 2.45) is 21.9 Å². The van der Waals surface area contributed by atoms with Crippen LogP contribution in [0.1, 0.15) is 170 Å². The zero-order valence-corrected chi connectivity index (χ0v) is 32.4. The van der Waals surface area contributed by atoms with Crippen LogP contribution in [0.3, 0.4) is 0 Å². The Labute approximate surface area is 314 Å². The van der Waals surface area contributed by atoms with E-state index in [0.717, 1.165) is 76.3 Å². The van der Waals surface area contributed by atoms with Crippen LogP contribution in [-0.4, -0.2) is 35.1 Å². The van der Waals surface area contributed by atoms with Crippen LogP contribution in [0.2, 0.25) is 0 Å². The number of hydrogen-bond donors (Lipinski definition) is 5. The van der Waals surface area contributed by atoms with Crippen molar-refractivity contribution in [1.29, 1.82) is 5.41 Å². The molecule has 8 nitrogen and oxygen atoms in total. The Kier molecular flexibility index (Phi) is 16.7. The molecule has 0 aromatic heterocycles. The van der Waals surface area contributed by atoms with Gasteiger partial charge in [0.15, 0.2) is 0 Å². The Bertz CT molecular complexity index is 1430. The van der Waals surface area contributed by atoms with E-state index in [1.165, 1.54) is 75.3 Å². The van der Waals surface area contributed by atoms with Gasteiger partial charge in [0.2, 0.25) is 5.91 Å². The minimum atomic E-state index is -0.792. The maximum absolute atomic E-state index is 13.2. The molecule has 2 saturated carbocycles. The van der Waals surface area contributed by atoms with Crippen molar-refractivity contribution in [2.45, 2.75) is 173 Å². The van der Waals surface area contributed by atoms with E-state index in [0.29, 0.717) is 24.2 Å². The second kappa shape index (κ2) is 21.1. The van der Waals surface area contributed by atoms with Crippen LogP contribution in [-0.2, 0) is 17.6 Å². The molecular formula is C44H68N6O2. The number of carbonyl (C=O) groups is 2. The first-order valence-corrected chi connectivity index (χ1v) is 20.7. The van der Waals surface area contributed by atoms with Crippen LogP contribution >= 0.6 is 0 Å².